The van der Waals surface area contributed by atoms with Crippen LogP contribution in [0.4, 0.5) is 0 Å². The standard InChI is InChI=1S/C15H19N3O/c1-9-5-6-10(2)13(7-9)18-11(3)8-14(19)15(17-18)12(4)16/h5-8,12H,16H2,1-4H3. The molecule has 0 amide bonds. The lowest BCUT2D eigenvalue weighted by atomic mass is 10.1. The average molecular weight is 257 g/mol. The number of aryl methyl sites for hydroxylation is 3. The number of rotatable bonds is 2. The first-order valence-electron chi connectivity index (χ1n) is 6.34. The fourth-order valence-electron chi connectivity index (χ4n) is 2.07. The van der Waals surface area contributed by atoms with E-state index in [0.717, 1.165) is 22.5 Å². The number of nitrogens with two attached hydrogens (primary N) is 1. The number of hydrogen-bond donors (Lipinski definition) is 1. The Hall–Kier alpha value is -1.94. The van der Waals surface area contributed by atoms with Crippen molar-refractivity contribution in [1.29, 1.82) is 0 Å². The quantitative estimate of drug-likeness (QED) is 0.897. The summed E-state index contributed by atoms with van der Waals surface area (Å²) in [7, 11) is 0. The molecule has 0 fully saturated rings. The zero-order chi connectivity index (χ0) is 14.2. The molecule has 0 aliphatic carbocycles. The van der Waals surface area contributed by atoms with Crippen LogP contribution >= 0.6 is 0 Å². The normalized spacial score (nSPS) is 12.5. The van der Waals surface area contributed by atoms with Gasteiger partial charge >= 0.3 is 0 Å². The van der Waals surface area contributed by atoms with Gasteiger partial charge in [0.1, 0.15) is 5.69 Å². The van der Waals surface area contributed by atoms with Crippen molar-refractivity contribution in [2.75, 3.05) is 0 Å². The van der Waals surface area contributed by atoms with Gasteiger partial charge in [0.25, 0.3) is 0 Å². The number of hydrogen-bond acceptors (Lipinski definition) is 3. The van der Waals surface area contributed by atoms with Crippen LogP contribution in [0.25, 0.3) is 5.69 Å². The predicted octanol–water partition coefficient (Wildman–Crippen LogP) is 2.18. The van der Waals surface area contributed by atoms with Gasteiger partial charge in [-0.15, -0.1) is 0 Å². The van der Waals surface area contributed by atoms with Gasteiger partial charge in [-0.25, -0.2) is 4.68 Å². The Morgan fingerprint density at radius 2 is 1.89 bits per heavy atom. The van der Waals surface area contributed by atoms with Crippen molar-refractivity contribution in [2.45, 2.75) is 33.7 Å². The molecule has 2 rings (SSSR count). The van der Waals surface area contributed by atoms with Crippen molar-refractivity contribution in [3.63, 3.8) is 0 Å². The minimum absolute atomic E-state index is 0.103. The summed E-state index contributed by atoms with van der Waals surface area (Å²) in [6, 6.07) is 7.39. The molecule has 100 valence electrons. The van der Waals surface area contributed by atoms with E-state index in [2.05, 4.69) is 23.3 Å². The fraction of sp³-hybridized carbons (Fsp3) is 0.333. The van der Waals surface area contributed by atoms with Crippen LogP contribution in [0.2, 0.25) is 0 Å². The molecule has 0 spiro atoms. The maximum absolute atomic E-state index is 11.9. The summed E-state index contributed by atoms with van der Waals surface area (Å²) in [5.74, 6) is 0. The summed E-state index contributed by atoms with van der Waals surface area (Å²) in [5.41, 5.74) is 10.2. The third-order valence-electron chi connectivity index (χ3n) is 3.16. The van der Waals surface area contributed by atoms with Gasteiger partial charge in [-0.3, -0.25) is 4.79 Å². The summed E-state index contributed by atoms with van der Waals surface area (Å²) in [4.78, 5) is 11.9. The van der Waals surface area contributed by atoms with Gasteiger partial charge in [0.05, 0.1) is 5.69 Å². The SMILES string of the molecule is Cc1ccc(C)c(-n2nc(C(C)N)c(=O)cc2C)c1. The molecule has 0 bridgehead atoms. The van der Waals surface area contributed by atoms with Crippen molar-refractivity contribution in [3.8, 4) is 5.69 Å². The van der Waals surface area contributed by atoms with E-state index in [4.69, 9.17) is 5.73 Å². The summed E-state index contributed by atoms with van der Waals surface area (Å²) in [6.07, 6.45) is 0. The molecule has 0 saturated heterocycles. The Kier molecular flexibility index (Phi) is 3.53. The van der Waals surface area contributed by atoms with Crippen LogP contribution in [0.15, 0.2) is 29.1 Å². The molecule has 4 nitrogen and oxygen atoms in total. The molecule has 2 N–H and O–H groups in total. The summed E-state index contributed by atoms with van der Waals surface area (Å²) in [5, 5.41) is 4.42. The highest BCUT2D eigenvalue weighted by Crippen LogP contribution is 2.16. The highest BCUT2D eigenvalue weighted by atomic mass is 16.1. The first kappa shape index (κ1) is 13.5. The van der Waals surface area contributed by atoms with Crippen LogP contribution in [0.1, 0.15) is 35.5 Å². The fourth-order valence-corrected chi connectivity index (χ4v) is 2.07. The molecule has 4 heteroatoms. The van der Waals surface area contributed by atoms with E-state index < -0.39 is 0 Å². The maximum Gasteiger partial charge on any atom is 0.205 e. The predicted molar refractivity (Wildman–Crippen MR) is 76.6 cm³/mol. The number of benzene rings is 1. The van der Waals surface area contributed by atoms with E-state index in [1.165, 1.54) is 0 Å². The smallest absolute Gasteiger partial charge is 0.205 e. The molecule has 19 heavy (non-hydrogen) atoms. The van der Waals surface area contributed by atoms with Crippen LogP contribution in [0.5, 0.6) is 0 Å². The minimum Gasteiger partial charge on any atom is -0.323 e. The van der Waals surface area contributed by atoms with E-state index in [-0.39, 0.29) is 11.5 Å². The molecule has 0 aliphatic heterocycles. The first-order chi connectivity index (χ1) is 8.90. The Morgan fingerprint density at radius 3 is 2.53 bits per heavy atom. The highest BCUT2D eigenvalue weighted by Gasteiger charge is 2.12. The molecular formula is C15H19N3O. The molecule has 1 aromatic carbocycles. The third kappa shape index (κ3) is 2.58. The lowest BCUT2D eigenvalue weighted by Gasteiger charge is -2.15. The van der Waals surface area contributed by atoms with Crippen LogP contribution in [0.3, 0.4) is 0 Å². The van der Waals surface area contributed by atoms with Gasteiger partial charge < -0.3 is 5.73 Å². The number of nitrogens with zero attached hydrogens (tertiary/aromatic N) is 2. The third-order valence-corrected chi connectivity index (χ3v) is 3.16. The Balaban J connectivity index is 2.71. The summed E-state index contributed by atoms with van der Waals surface area (Å²) < 4.78 is 1.79. The van der Waals surface area contributed by atoms with Gasteiger partial charge in [0.2, 0.25) is 5.43 Å². The Labute approximate surface area is 112 Å². The largest absolute Gasteiger partial charge is 0.323 e. The van der Waals surface area contributed by atoms with E-state index in [1.807, 2.05) is 20.8 Å². The van der Waals surface area contributed by atoms with Crippen LogP contribution in [-0.4, -0.2) is 9.78 Å². The van der Waals surface area contributed by atoms with Crippen molar-refractivity contribution < 1.29 is 0 Å². The topological polar surface area (TPSA) is 60.9 Å². The maximum atomic E-state index is 11.9. The van der Waals surface area contributed by atoms with Crippen LogP contribution < -0.4 is 11.2 Å². The second kappa shape index (κ2) is 4.97. The molecular weight excluding hydrogens is 238 g/mol. The molecule has 1 aromatic heterocycles. The molecule has 0 saturated carbocycles. The second-order valence-electron chi connectivity index (χ2n) is 5.03. The Bertz CT molecular complexity index is 672. The second-order valence-corrected chi connectivity index (χ2v) is 5.03. The summed E-state index contributed by atoms with van der Waals surface area (Å²) >= 11 is 0. The van der Waals surface area contributed by atoms with Crippen molar-refractivity contribution in [1.82, 2.24) is 9.78 Å². The van der Waals surface area contributed by atoms with Gasteiger partial charge in [-0.05, 0) is 44.9 Å². The van der Waals surface area contributed by atoms with E-state index in [0.29, 0.717) is 5.69 Å². The zero-order valence-electron chi connectivity index (χ0n) is 11.8. The monoisotopic (exact) mass is 257 g/mol. The Morgan fingerprint density at radius 1 is 1.21 bits per heavy atom. The van der Waals surface area contributed by atoms with Crippen LogP contribution in [-0.2, 0) is 0 Å². The average Bonchev–Trinajstić information content (AvgIpc) is 2.32. The van der Waals surface area contributed by atoms with Gasteiger partial charge in [0.15, 0.2) is 0 Å². The first-order valence-corrected chi connectivity index (χ1v) is 6.34. The van der Waals surface area contributed by atoms with E-state index in [1.54, 1.807) is 17.7 Å². The van der Waals surface area contributed by atoms with Crippen molar-refractivity contribution >= 4 is 0 Å². The van der Waals surface area contributed by atoms with Crippen LogP contribution in [0, 0.1) is 20.8 Å². The molecule has 1 atom stereocenters. The van der Waals surface area contributed by atoms with Gasteiger partial charge in [-0.1, -0.05) is 12.1 Å². The molecule has 0 aliphatic rings. The zero-order valence-corrected chi connectivity index (χ0v) is 11.8. The number of aromatic nitrogens is 2. The minimum atomic E-state index is -0.371. The van der Waals surface area contributed by atoms with E-state index in [9.17, 15) is 4.79 Å². The molecule has 1 unspecified atom stereocenters. The van der Waals surface area contributed by atoms with Gasteiger partial charge in [-0.2, -0.15) is 5.10 Å². The lowest BCUT2D eigenvalue weighted by molar-refractivity contribution is 0.685. The molecule has 2 aromatic rings. The molecule has 1 heterocycles. The summed E-state index contributed by atoms with van der Waals surface area (Å²) in [6.45, 7) is 7.71. The highest BCUT2D eigenvalue weighted by molar-refractivity contribution is 5.43. The lowest BCUT2D eigenvalue weighted by Crippen LogP contribution is -2.24. The van der Waals surface area contributed by atoms with E-state index >= 15 is 0 Å². The van der Waals surface area contributed by atoms with Crippen molar-refractivity contribution in [2.24, 2.45) is 5.73 Å². The van der Waals surface area contributed by atoms with Crippen molar-refractivity contribution in [3.05, 3.63) is 57.0 Å². The molecule has 0 radical (unpaired) electrons. The van der Waals surface area contributed by atoms with Gasteiger partial charge in [0, 0.05) is 17.8 Å².